The molecule has 0 saturated carbocycles. The molecule has 0 radical (unpaired) electrons. The van der Waals surface area contributed by atoms with Crippen LogP contribution in [0.3, 0.4) is 0 Å². The average molecular weight is 393 g/mol. The number of hydrogen-bond acceptors (Lipinski definition) is 5. The fraction of sp³-hybridized carbons (Fsp3) is 0. The average Bonchev–Trinajstić information content (AvgIpc) is 2.35. The molecule has 1 aromatic heterocycles. The van der Waals surface area contributed by atoms with Crippen LogP contribution in [-0.4, -0.2) is 9.97 Å². The zero-order chi connectivity index (χ0) is 13.1. The zero-order valence-electron chi connectivity index (χ0n) is 8.92. The van der Waals surface area contributed by atoms with Gasteiger partial charge in [-0.3, -0.25) is 5.43 Å². The third kappa shape index (κ3) is 3.11. The predicted octanol–water partition coefficient (Wildman–Crippen LogP) is 3.68. The maximum Gasteiger partial charge on any atom is 0.239 e. The zero-order valence-corrected chi connectivity index (χ0v) is 12.8. The third-order valence-corrected chi connectivity index (χ3v) is 3.44. The maximum atomic E-state index is 6.11. The lowest BCUT2D eigenvalue weighted by molar-refractivity contribution is 1.11. The van der Waals surface area contributed by atoms with Crippen LogP contribution < -0.4 is 16.6 Å². The van der Waals surface area contributed by atoms with E-state index < -0.39 is 0 Å². The van der Waals surface area contributed by atoms with Crippen molar-refractivity contribution >= 4 is 60.9 Å². The summed E-state index contributed by atoms with van der Waals surface area (Å²) in [7, 11) is 0. The summed E-state index contributed by atoms with van der Waals surface area (Å²) < 4.78 is 1.62. The number of rotatable bonds is 3. The van der Waals surface area contributed by atoms with Crippen LogP contribution in [0.5, 0.6) is 0 Å². The number of hydrogen-bond donors (Lipinski definition) is 3. The molecule has 1 heterocycles. The summed E-state index contributed by atoms with van der Waals surface area (Å²) in [5.41, 5.74) is 3.12. The molecule has 94 valence electrons. The van der Waals surface area contributed by atoms with Crippen LogP contribution >= 0.6 is 43.5 Å². The topological polar surface area (TPSA) is 75.9 Å². The Kier molecular flexibility index (Phi) is 4.39. The molecule has 0 fully saturated rings. The molecule has 2 rings (SSSR count). The van der Waals surface area contributed by atoms with Crippen molar-refractivity contribution in [3.63, 3.8) is 0 Å². The fourth-order valence-electron chi connectivity index (χ4n) is 1.24. The largest absolute Gasteiger partial charge is 0.338 e. The lowest BCUT2D eigenvalue weighted by atomic mass is 10.3. The van der Waals surface area contributed by atoms with Gasteiger partial charge in [0.05, 0.1) is 15.2 Å². The Morgan fingerprint density at radius 3 is 2.72 bits per heavy atom. The summed E-state index contributed by atoms with van der Waals surface area (Å²) >= 11 is 12.8. The highest BCUT2D eigenvalue weighted by atomic mass is 79.9. The fourth-order valence-corrected chi connectivity index (χ4v) is 2.25. The summed E-state index contributed by atoms with van der Waals surface area (Å²) in [6, 6.07) is 5.52. The first kappa shape index (κ1) is 13.5. The second kappa shape index (κ2) is 5.83. The van der Waals surface area contributed by atoms with Gasteiger partial charge in [0.15, 0.2) is 0 Å². The second-order valence-corrected chi connectivity index (χ2v) is 5.46. The van der Waals surface area contributed by atoms with Crippen LogP contribution in [0.25, 0.3) is 0 Å². The van der Waals surface area contributed by atoms with Crippen molar-refractivity contribution in [2.75, 3.05) is 10.7 Å². The highest BCUT2D eigenvalue weighted by Crippen LogP contribution is 2.30. The molecule has 2 aromatic rings. The number of benzene rings is 1. The van der Waals surface area contributed by atoms with Crippen molar-refractivity contribution in [1.82, 2.24) is 9.97 Å². The molecule has 4 N–H and O–H groups in total. The molecule has 0 saturated heterocycles. The first-order valence-electron chi connectivity index (χ1n) is 4.81. The molecule has 0 amide bonds. The Labute approximate surface area is 125 Å². The summed E-state index contributed by atoms with van der Waals surface area (Å²) in [6.45, 7) is 0. The smallest absolute Gasteiger partial charge is 0.239 e. The van der Waals surface area contributed by atoms with Gasteiger partial charge in [-0.15, -0.1) is 0 Å². The van der Waals surface area contributed by atoms with Crippen molar-refractivity contribution in [2.45, 2.75) is 0 Å². The van der Waals surface area contributed by atoms with Gasteiger partial charge in [-0.05, 0) is 34.1 Å². The molecule has 18 heavy (non-hydrogen) atoms. The third-order valence-electron chi connectivity index (χ3n) is 2.06. The Bertz CT molecular complexity index is 578. The Morgan fingerprint density at radius 1 is 1.28 bits per heavy atom. The quantitative estimate of drug-likeness (QED) is 0.548. The van der Waals surface area contributed by atoms with Gasteiger partial charge in [0, 0.05) is 10.7 Å². The van der Waals surface area contributed by atoms with E-state index in [1.807, 2.05) is 12.1 Å². The summed E-state index contributed by atoms with van der Waals surface area (Å²) in [6.07, 6.45) is 1.59. The minimum absolute atomic E-state index is 0.314. The Hall–Kier alpha value is -0.890. The van der Waals surface area contributed by atoms with Crippen molar-refractivity contribution in [2.24, 2.45) is 5.84 Å². The normalized spacial score (nSPS) is 10.2. The Morgan fingerprint density at radius 2 is 2.06 bits per heavy atom. The molecule has 0 atom stereocenters. The van der Waals surface area contributed by atoms with Gasteiger partial charge in [0.2, 0.25) is 5.95 Å². The van der Waals surface area contributed by atoms with Gasteiger partial charge in [-0.2, -0.15) is 4.98 Å². The molecular formula is C10H8Br2ClN5. The van der Waals surface area contributed by atoms with E-state index in [0.717, 1.165) is 10.2 Å². The number of nitrogens with one attached hydrogen (secondary N) is 2. The minimum Gasteiger partial charge on any atom is -0.338 e. The van der Waals surface area contributed by atoms with Crippen LogP contribution in [-0.2, 0) is 0 Å². The van der Waals surface area contributed by atoms with E-state index in [4.69, 9.17) is 17.4 Å². The van der Waals surface area contributed by atoms with E-state index in [1.54, 1.807) is 12.3 Å². The van der Waals surface area contributed by atoms with Gasteiger partial charge < -0.3 is 5.32 Å². The molecule has 8 heteroatoms. The van der Waals surface area contributed by atoms with E-state index in [-0.39, 0.29) is 0 Å². The monoisotopic (exact) mass is 391 g/mol. The van der Waals surface area contributed by atoms with E-state index in [0.29, 0.717) is 21.3 Å². The molecule has 0 unspecified atom stereocenters. The van der Waals surface area contributed by atoms with E-state index in [1.165, 1.54) is 0 Å². The Balaban J connectivity index is 2.33. The van der Waals surface area contributed by atoms with Gasteiger partial charge >= 0.3 is 0 Å². The highest BCUT2D eigenvalue weighted by molar-refractivity contribution is 9.10. The van der Waals surface area contributed by atoms with Gasteiger partial charge in [-0.25, -0.2) is 10.8 Å². The van der Waals surface area contributed by atoms with Crippen LogP contribution in [0.1, 0.15) is 0 Å². The second-order valence-electron chi connectivity index (χ2n) is 3.28. The van der Waals surface area contributed by atoms with Crippen molar-refractivity contribution in [3.8, 4) is 0 Å². The standard InChI is InChI=1S/C10H8Br2ClN5/c11-5-1-2-8(7(13)3-5)16-9-6(12)4-15-10(17-9)18-14/h1-4H,14H2,(H2,15,16,17,18). The van der Waals surface area contributed by atoms with E-state index in [2.05, 4.69) is 52.6 Å². The number of hydrazine groups is 1. The van der Waals surface area contributed by atoms with E-state index in [9.17, 15) is 0 Å². The summed E-state index contributed by atoms with van der Waals surface area (Å²) in [5.74, 6) is 6.15. The first-order chi connectivity index (χ1) is 8.60. The molecule has 0 bridgehead atoms. The number of aromatic nitrogens is 2. The summed E-state index contributed by atoms with van der Waals surface area (Å²) in [4.78, 5) is 8.14. The molecule has 0 spiro atoms. The van der Waals surface area contributed by atoms with Gasteiger partial charge in [-0.1, -0.05) is 27.5 Å². The first-order valence-corrected chi connectivity index (χ1v) is 6.78. The molecule has 1 aromatic carbocycles. The number of nitrogens with two attached hydrogens (primary N) is 1. The van der Waals surface area contributed by atoms with Gasteiger partial charge in [0.1, 0.15) is 5.82 Å². The lowest BCUT2D eigenvalue weighted by Crippen LogP contribution is -2.11. The van der Waals surface area contributed by atoms with Crippen LogP contribution in [0.2, 0.25) is 5.02 Å². The number of nitrogens with zero attached hydrogens (tertiary/aromatic N) is 2. The number of halogens is 3. The van der Waals surface area contributed by atoms with Gasteiger partial charge in [0.25, 0.3) is 0 Å². The van der Waals surface area contributed by atoms with Crippen molar-refractivity contribution in [1.29, 1.82) is 0 Å². The molecular weight excluding hydrogens is 385 g/mol. The maximum absolute atomic E-state index is 6.11. The number of nitrogen functional groups attached to an aromatic ring is 1. The van der Waals surface area contributed by atoms with Crippen molar-refractivity contribution < 1.29 is 0 Å². The number of anilines is 3. The molecule has 0 aliphatic heterocycles. The van der Waals surface area contributed by atoms with Crippen LogP contribution in [0, 0.1) is 0 Å². The summed E-state index contributed by atoms with van der Waals surface area (Å²) in [5, 5.41) is 3.68. The predicted molar refractivity (Wildman–Crippen MR) is 80.0 cm³/mol. The highest BCUT2D eigenvalue weighted by Gasteiger charge is 2.07. The lowest BCUT2D eigenvalue weighted by Gasteiger charge is -2.10. The van der Waals surface area contributed by atoms with Crippen LogP contribution in [0.4, 0.5) is 17.5 Å². The van der Waals surface area contributed by atoms with E-state index >= 15 is 0 Å². The van der Waals surface area contributed by atoms with Crippen LogP contribution in [0.15, 0.2) is 33.3 Å². The minimum atomic E-state index is 0.314. The SMILES string of the molecule is NNc1ncc(Br)c(Nc2ccc(Br)cc2Cl)n1. The molecule has 0 aliphatic rings. The molecule has 0 aliphatic carbocycles. The van der Waals surface area contributed by atoms with Crippen molar-refractivity contribution in [3.05, 3.63) is 38.4 Å². The molecule has 5 nitrogen and oxygen atoms in total.